The molecule has 25 heavy (non-hydrogen) atoms. The molecule has 0 aliphatic carbocycles. The maximum absolute atomic E-state index is 12.6. The maximum Gasteiger partial charge on any atom is 0.256 e. The van der Waals surface area contributed by atoms with Gasteiger partial charge in [-0.15, -0.1) is 0 Å². The Bertz CT molecular complexity index is 536. The molecule has 6 heteroatoms. The highest BCUT2D eigenvalue weighted by atomic mass is 16.5. The number of nitrogens with one attached hydrogen (secondary N) is 1. The van der Waals surface area contributed by atoms with Gasteiger partial charge in [0, 0.05) is 19.8 Å². The van der Waals surface area contributed by atoms with Crippen molar-refractivity contribution >= 4 is 11.6 Å². The zero-order chi connectivity index (χ0) is 18.7. The summed E-state index contributed by atoms with van der Waals surface area (Å²) in [7, 11) is 1.58. The third-order valence-electron chi connectivity index (χ3n) is 4.18. The maximum atomic E-state index is 12.6. The first-order valence-electron chi connectivity index (χ1n) is 9.01. The van der Waals surface area contributed by atoms with Crippen molar-refractivity contribution in [2.45, 2.75) is 59.0 Å². The molecular formula is C19H32N2O4. The van der Waals surface area contributed by atoms with Crippen molar-refractivity contribution in [2.75, 3.05) is 32.2 Å². The Morgan fingerprint density at radius 1 is 1.24 bits per heavy atom. The van der Waals surface area contributed by atoms with E-state index in [4.69, 9.17) is 14.2 Å². The topological polar surface area (TPSA) is 69.7 Å². The molecule has 0 aliphatic heterocycles. The molecular weight excluding hydrogens is 320 g/mol. The zero-order valence-electron chi connectivity index (χ0n) is 16.2. The number of methoxy groups -OCH3 is 1. The van der Waals surface area contributed by atoms with Crippen LogP contribution in [0.1, 0.15) is 52.1 Å². The van der Waals surface area contributed by atoms with Crippen LogP contribution in [0, 0.1) is 6.92 Å². The monoisotopic (exact) mass is 352 g/mol. The molecule has 142 valence electrons. The number of hydrogen-bond donors (Lipinski definition) is 1. The van der Waals surface area contributed by atoms with Gasteiger partial charge in [0.05, 0.1) is 18.0 Å². The number of aryl methyl sites for hydroxylation is 1. The Morgan fingerprint density at radius 2 is 2.00 bits per heavy atom. The van der Waals surface area contributed by atoms with Gasteiger partial charge in [-0.3, -0.25) is 4.79 Å². The van der Waals surface area contributed by atoms with Crippen LogP contribution < -0.4 is 10.1 Å². The van der Waals surface area contributed by atoms with Crippen molar-refractivity contribution < 1.29 is 19.0 Å². The fourth-order valence-corrected chi connectivity index (χ4v) is 2.38. The van der Waals surface area contributed by atoms with E-state index in [1.54, 1.807) is 19.2 Å². The van der Waals surface area contributed by atoms with Gasteiger partial charge >= 0.3 is 0 Å². The van der Waals surface area contributed by atoms with E-state index >= 15 is 0 Å². The summed E-state index contributed by atoms with van der Waals surface area (Å²) >= 11 is 0. The average Bonchev–Trinajstić information content (AvgIpc) is 2.60. The standard InChI is InChI=1S/C19H32N2O4/c1-6-8-9-12-19(4,23-5)18(22)21-16-10-11-17(20-15(16)3)25-14-13-24-7-2/h10-11H,6-9,12-14H2,1-5H3,(H,21,22)/t19-/m1/s1. The number of pyridine rings is 1. The molecule has 1 aromatic heterocycles. The Morgan fingerprint density at radius 3 is 2.60 bits per heavy atom. The van der Waals surface area contributed by atoms with Crippen LogP contribution in [0.25, 0.3) is 0 Å². The van der Waals surface area contributed by atoms with E-state index in [1.165, 1.54) is 0 Å². The van der Waals surface area contributed by atoms with E-state index in [-0.39, 0.29) is 5.91 Å². The van der Waals surface area contributed by atoms with E-state index in [2.05, 4.69) is 17.2 Å². The molecule has 6 nitrogen and oxygen atoms in total. The smallest absolute Gasteiger partial charge is 0.256 e. The number of nitrogens with zero attached hydrogens (tertiary/aromatic N) is 1. The van der Waals surface area contributed by atoms with Gasteiger partial charge in [0.1, 0.15) is 12.2 Å². The summed E-state index contributed by atoms with van der Waals surface area (Å²) in [5.41, 5.74) is 0.532. The van der Waals surface area contributed by atoms with E-state index in [1.807, 2.05) is 20.8 Å². The first-order chi connectivity index (χ1) is 12.0. The van der Waals surface area contributed by atoms with Gasteiger partial charge in [0.2, 0.25) is 5.88 Å². The highest BCUT2D eigenvalue weighted by Crippen LogP contribution is 2.23. The molecule has 0 radical (unpaired) electrons. The van der Waals surface area contributed by atoms with Crippen LogP contribution in [0.4, 0.5) is 5.69 Å². The largest absolute Gasteiger partial charge is 0.475 e. The first kappa shape index (κ1) is 21.4. The second kappa shape index (κ2) is 11.1. The summed E-state index contributed by atoms with van der Waals surface area (Å²) in [5.74, 6) is 0.369. The van der Waals surface area contributed by atoms with Crippen molar-refractivity contribution in [1.29, 1.82) is 0 Å². The number of hydrogen-bond acceptors (Lipinski definition) is 5. The average molecular weight is 352 g/mol. The number of carbonyl (C=O) groups excluding carboxylic acids is 1. The van der Waals surface area contributed by atoms with Crippen molar-refractivity contribution in [3.63, 3.8) is 0 Å². The Hall–Kier alpha value is -1.66. The van der Waals surface area contributed by atoms with Gasteiger partial charge in [-0.05, 0) is 33.3 Å². The van der Waals surface area contributed by atoms with Gasteiger partial charge in [0.15, 0.2) is 0 Å². The molecule has 0 fully saturated rings. The molecule has 0 aliphatic rings. The predicted octanol–water partition coefficient (Wildman–Crippen LogP) is 3.73. The number of rotatable bonds is 12. The quantitative estimate of drug-likeness (QED) is 0.581. The van der Waals surface area contributed by atoms with E-state index in [0.29, 0.717) is 43.5 Å². The Labute approximate surface area is 151 Å². The predicted molar refractivity (Wildman–Crippen MR) is 99.1 cm³/mol. The fraction of sp³-hybridized carbons (Fsp3) is 0.684. The van der Waals surface area contributed by atoms with Crippen LogP contribution in [0.2, 0.25) is 0 Å². The molecule has 1 N–H and O–H groups in total. The number of unbranched alkanes of at least 4 members (excludes halogenated alkanes) is 2. The molecule has 0 saturated heterocycles. The van der Waals surface area contributed by atoms with Gasteiger partial charge in [0.25, 0.3) is 5.91 Å². The minimum absolute atomic E-state index is 0.152. The van der Waals surface area contributed by atoms with Crippen LogP contribution in [0.3, 0.4) is 0 Å². The van der Waals surface area contributed by atoms with Crippen LogP contribution in [-0.2, 0) is 14.3 Å². The van der Waals surface area contributed by atoms with E-state index in [9.17, 15) is 4.79 Å². The SMILES string of the molecule is CCCCC[C@@](C)(OC)C(=O)Nc1ccc(OCCOCC)nc1C. The lowest BCUT2D eigenvalue weighted by Crippen LogP contribution is -2.42. The molecule has 1 rings (SSSR count). The van der Waals surface area contributed by atoms with Crippen molar-refractivity contribution in [2.24, 2.45) is 0 Å². The zero-order valence-corrected chi connectivity index (χ0v) is 16.2. The summed E-state index contributed by atoms with van der Waals surface area (Å²) in [6, 6.07) is 3.55. The van der Waals surface area contributed by atoms with Crippen LogP contribution >= 0.6 is 0 Å². The number of amides is 1. The summed E-state index contributed by atoms with van der Waals surface area (Å²) in [6.45, 7) is 9.38. The van der Waals surface area contributed by atoms with Gasteiger partial charge in [-0.2, -0.15) is 0 Å². The minimum Gasteiger partial charge on any atom is -0.475 e. The number of aromatic nitrogens is 1. The number of carbonyl (C=O) groups is 1. The molecule has 0 unspecified atom stereocenters. The van der Waals surface area contributed by atoms with Crippen molar-refractivity contribution in [1.82, 2.24) is 4.98 Å². The summed E-state index contributed by atoms with van der Waals surface area (Å²) in [5, 5.41) is 2.93. The number of anilines is 1. The van der Waals surface area contributed by atoms with Crippen molar-refractivity contribution in [3.8, 4) is 5.88 Å². The van der Waals surface area contributed by atoms with Crippen LogP contribution in [0.15, 0.2) is 12.1 Å². The Kier molecular flexibility index (Phi) is 9.45. The minimum atomic E-state index is -0.839. The lowest BCUT2D eigenvalue weighted by molar-refractivity contribution is -0.136. The van der Waals surface area contributed by atoms with Gasteiger partial charge in [-0.25, -0.2) is 4.98 Å². The second-order valence-electron chi connectivity index (χ2n) is 6.17. The lowest BCUT2D eigenvalue weighted by Gasteiger charge is -2.27. The van der Waals surface area contributed by atoms with Crippen LogP contribution in [-0.4, -0.2) is 43.4 Å². The third kappa shape index (κ3) is 7.00. The lowest BCUT2D eigenvalue weighted by atomic mass is 9.97. The summed E-state index contributed by atoms with van der Waals surface area (Å²) < 4.78 is 16.2. The summed E-state index contributed by atoms with van der Waals surface area (Å²) in [4.78, 5) is 17.0. The van der Waals surface area contributed by atoms with Gasteiger partial charge in [-0.1, -0.05) is 26.2 Å². The van der Waals surface area contributed by atoms with Crippen molar-refractivity contribution in [3.05, 3.63) is 17.8 Å². The highest BCUT2D eigenvalue weighted by Gasteiger charge is 2.32. The highest BCUT2D eigenvalue weighted by molar-refractivity contribution is 5.97. The number of ether oxygens (including phenoxy) is 3. The summed E-state index contributed by atoms with van der Waals surface area (Å²) in [6.07, 6.45) is 3.84. The second-order valence-corrected chi connectivity index (χ2v) is 6.17. The molecule has 1 aromatic rings. The molecule has 1 heterocycles. The fourth-order valence-electron chi connectivity index (χ4n) is 2.38. The molecule has 0 spiro atoms. The molecule has 0 bridgehead atoms. The molecule has 1 amide bonds. The van der Waals surface area contributed by atoms with Gasteiger partial charge < -0.3 is 19.5 Å². The molecule has 0 aromatic carbocycles. The first-order valence-corrected chi connectivity index (χ1v) is 9.01. The van der Waals surface area contributed by atoms with Crippen LogP contribution in [0.5, 0.6) is 5.88 Å². The van der Waals surface area contributed by atoms with E-state index in [0.717, 1.165) is 19.3 Å². The molecule has 0 saturated carbocycles. The Balaban J connectivity index is 2.66. The normalized spacial score (nSPS) is 13.3. The third-order valence-corrected chi connectivity index (χ3v) is 4.18. The van der Waals surface area contributed by atoms with E-state index < -0.39 is 5.60 Å². The molecule has 1 atom stereocenters.